The van der Waals surface area contributed by atoms with Gasteiger partial charge in [-0.25, -0.2) is 4.79 Å². The summed E-state index contributed by atoms with van der Waals surface area (Å²) in [5, 5.41) is 8.89. The third kappa shape index (κ3) is 4.16. The lowest BCUT2D eigenvalue weighted by atomic mass is 10.2. The highest BCUT2D eigenvalue weighted by molar-refractivity contribution is 5.84. The average molecular weight is 395 g/mol. The monoisotopic (exact) mass is 395 g/mol. The largest absolute Gasteiger partial charge is 0.493 e. The normalized spacial score (nSPS) is 12.3. The Bertz CT molecular complexity index is 1070. The van der Waals surface area contributed by atoms with Crippen molar-refractivity contribution in [1.29, 1.82) is 0 Å². The van der Waals surface area contributed by atoms with Crippen LogP contribution >= 0.6 is 0 Å². The quantitative estimate of drug-likeness (QED) is 0.603. The van der Waals surface area contributed by atoms with E-state index in [1.165, 1.54) is 13.2 Å². The number of carboxylic acids is 1. The predicted octanol–water partition coefficient (Wildman–Crippen LogP) is 4.04. The zero-order valence-corrected chi connectivity index (χ0v) is 15.5. The molecule has 0 unspecified atom stereocenters. The Labute approximate surface area is 165 Å². The summed E-state index contributed by atoms with van der Waals surface area (Å²) in [6.07, 6.45) is 1.70. The Kier molecular flexibility index (Phi) is 5.07. The molecule has 0 atom stereocenters. The lowest BCUT2D eigenvalue weighted by Gasteiger charge is -2.10. The number of carbonyl (C=O) groups is 1. The molecule has 4 rings (SSSR count). The number of benzene rings is 2. The van der Waals surface area contributed by atoms with Crippen molar-refractivity contribution >= 4 is 17.9 Å². The molecule has 1 aliphatic rings. The van der Waals surface area contributed by atoms with Gasteiger partial charge in [-0.15, -0.1) is 0 Å². The van der Waals surface area contributed by atoms with E-state index in [1.807, 2.05) is 24.3 Å². The minimum absolute atomic E-state index is 0.0777. The second kappa shape index (κ2) is 7.97. The van der Waals surface area contributed by atoms with Crippen molar-refractivity contribution in [2.24, 2.45) is 4.99 Å². The zero-order valence-electron chi connectivity index (χ0n) is 15.5. The van der Waals surface area contributed by atoms with E-state index in [-0.39, 0.29) is 19.2 Å². The van der Waals surface area contributed by atoms with Crippen LogP contribution in [0.25, 0.3) is 0 Å². The first-order chi connectivity index (χ1) is 14.1. The molecule has 8 nitrogen and oxygen atoms in total. The molecule has 0 saturated carbocycles. The number of ether oxygens (including phenoxy) is 4. The standard InChI is InChI=1S/C21H17NO7/c1-25-19-8-13(10-22-14-3-6-17-20(9-14)28-12-27-17)2-5-16(19)26-11-15-4-7-18(29-15)21(23)24/h2-10H,11-12H2,1H3,(H,23,24). The number of nitrogens with zero attached hydrogens (tertiary/aromatic N) is 1. The highest BCUT2D eigenvalue weighted by Crippen LogP contribution is 2.35. The summed E-state index contributed by atoms with van der Waals surface area (Å²) >= 11 is 0. The van der Waals surface area contributed by atoms with Gasteiger partial charge in [0.15, 0.2) is 23.0 Å². The molecule has 148 valence electrons. The number of rotatable bonds is 7. The molecule has 0 radical (unpaired) electrons. The molecular weight excluding hydrogens is 378 g/mol. The first-order valence-corrected chi connectivity index (χ1v) is 8.69. The van der Waals surface area contributed by atoms with Gasteiger partial charge in [-0.05, 0) is 48.0 Å². The number of methoxy groups -OCH3 is 1. The fraction of sp³-hybridized carbons (Fsp3) is 0.143. The van der Waals surface area contributed by atoms with Gasteiger partial charge in [-0.1, -0.05) is 0 Å². The van der Waals surface area contributed by atoms with Crippen LogP contribution in [0.2, 0.25) is 0 Å². The first-order valence-electron chi connectivity index (χ1n) is 8.69. The second-order valence-corrected chi connectivity index (χ2v) is 6.07. The van der Waals surface area contributed by atoms with E-state index >= 15 is 0 Å². The number of fused-ring (bicyclic) bond motifs is 1. The molecule has 1 aliphatic heterocycles. The Hall–Kier alpha value is -3.94. The van der Waals surface area contributed by atoms with Crippen molar-refractivity contribution in [3.63, 3.8) is 0 Å². The van der Waals surface area contributed by atoms with Crippen molar-refractivity contribution in [3.05, 3.63) is 65.6 Å². The summed E-state index contributed by atoms with van der Waals surface area (Å²) in [6.45, 7) is 0.297. The molecule has 8 heteroatoms. The molecule has 2 heterocycles. The molecule has 2 aromatic carbocycles. The number of aliphatic imine (C=N–C) groups is 1. The van der Waals surface area contributed by atoms with Crippen molar-refractivity contribution in [1.82, 2.24) is 0 Å². The Morgan fingerprint density at radius 3 is 2.76 bits per heavy atom. The van der Waals surface area contributed by atoms with Crippen LogP contribution < -0.4 is 18.9 Å². The number of aromatic carboxylic acids is 1. The third-order valence-corrected chi connectivity index (χ3v) is 4.15. The molecule has 1 aromatic heterocycles. The van der Waals surface area contributed by atoms with Crippen LogP contribution in [-0.2, 0) is 6.61 Å². The molecule has 29 heavy (non-hydrogen) atoms. The molecule has 0 bridgehead atoms. The zero-order chi connectivity index (χ0) is 20.2. The summed E-state index contributed by atoms with van der Waals surface area (Å²) in [7, 11) is 1.54. The predicted molar refractivity (Wildman–Crippen MR) is 103 cm³/mol. The van der Waals surface area contributed by atoms with Crippen molar-refractivity contribution in [2.45, 2.75) is 6.61 Å². The fourth-order valence-electron chi connectivity index (χ4n) is 2.72. The van der Waals surface area contributed by atoms with Gasteiger partial charge in [0, 0.05) is 12.3 Å². The van der Waals surface area contributed by atoms with Crippen LogP contribution in [0.1, 0.15) is 21.9 Å². The van der Waals surface area contributed by atoms with E-state index < -0.39 is 5.97 Å². The van der Waals surface area contributed by atoms with Crippen LogP contribution in [0.5, 0.6) is 23.0 Å². The van der Waals surface area contributed by atoms with Crippen LogP contribution in [0.3, 0.4) is 0 Å². The molecule has 0 aliphatic carbocycles. The molecule has 0 spiro atoms. The van der Waals surface area contributed by atoms with E-state index in [0.717, 1.165) is 11.3 Å². The van der Waals surface area contributed by atoms with Crippen LogP contribution in [0.15, 0.2) is 57.9 Å². The number of hydrogen-bond acceptors (Lipinski definition) is 7. The highest BCUT2D eigenvalue weighted by atomic mass is 16.7. The number of furan rings is 1. The maximum Gasteiger partial charge on any atom is 0.371 e. The fourth-order valence-corrected chi connectivity index (χ4v) is 2.72. The Balaban J connectivity index is 1.45. The van der Waals surface area contributed by atoms with Gasteiger partial charge < -0.3 is 28.5 Å². The average Bonchev–Trinajstić information content (AvgIpc) is 3.40. The van der Waals surface area contributed by atoms with Gasteiger partial charge in [0.05, 0.1) is 12.8 Å². The van der Waals surface area contributed by atoms with Crippen molar-refractivity contribution < 1.29 is 33.3 Å². The lowest BCUT2D eigenvalue weighted by molar-refractivity contribution is 0.0658. The van der Waals surface area contributed by atoms with Crippen LogP contribution in [0, 0.1) is 0 Å². The minimum Gasteiger partial charge on any atom is -0.493 e. The van der Waals surface area contributed by atoms with Crippen molar-refractivity contribution in [3.8, 4) is 23.0 Å². The Morgan fingerprint density at radius 2 is 1.97 bits per heavy atom. The van der Waals surface area contributed by atoms with Gasteiger partial charge in [0.25, 0.3) is 0 Å². The molecule has 0 amide bonds. The minimum atomic E-state index is -1.13. The van der Waals surface area contributed by atoms with Crippen molar-refractivity contribution in [2.75, 3.05) is 13.9 Å². The number of hydrogen-bond donors (Lipinski definition) is 1. The van der Waals surface area contributed by atoms with E-state index in [9.17, 15) is 4.79 Å². The van der Waals surface area contributed by atoms with Gasteiger partial charge in [0.1, 0.15) is 12.4 Å². The molecule has 1 N–H and O–H groups in total. The van der Waals surface area contributed by atoms with Crippen LogP contribution in [0.4, 0.5) is 5.69 Å². The molecular formula is C21H17NO7. The molecule has 0 fully saturated rings. The van der Waals surface area contributed by atoms with E-state index in [2.05, 4.69) is 4.99 Å². The topological polar surface area (TPSA) is 99.7 Å². The smallest absolute Gasteiger partial charge is 0.371 e. The third-order valence-electron chi connectivity index (χ3n) is 4.15. The van der Waals surface area contributed by atoms with Crippen LogP contribution in [-0.4, -0.2) is 31.2 Å². The van der Waals surface area contributed by atoms with E-state index in [0.29, 0.717) is 28.8 Å². The summed E-state index contributed by atoms with van der Waals surface area (Å²) in [5.74, 6) is 1.54. The summed E-state index contributed by atoms with van der Waals surface area (Å²) in [4.78, 5) is 15.3. The first kappa shape index (κ1) is 18.4. The maximum atomic E-state index is 10.9. The SMILES string of the molecule is COc1cc(C=Nc2ccc3c(c2)OCO3)ccc1OCc1ccc(C(=O)O)o1. The second-order valence-electron chi connectivity index (χ2n) is 6.07. The number of carboxylic acid groups (broad SMARTS) is 1. The van der Waals surface area contributed by atoms with E-state index in [4.69, 9.17) is 28.5 Å². The van der Waals surface area contributed by atoms with Gasteiger partial charge in [-0.2, -0.15) is 0 Å². The molecule has 3 aromatic rings. The summed E-state index contributed by atoms with van der Waals surface area (Å²) in [5.41, 5.74) is 1.55. The summed E-state index contributed by atoms with van der Waals surface area (Å²) < 4.78 is 26.9. The summed E-state index contributed by atoms with van der Waals surface area (Å²) in [6, 6.07) is 13.8. The maximum absolute atomic E-state index is 10.9. The van der Waals surface area contributed by atoms with E-state index in [1.54, 1.807) is 24.4 Å². The van der Waals surface area contributed by atoms with Gasteiger partial charge >= 0.3 is 5.97 Å². The van der Waals surface area contributed by atoms with Gasteiger partial charge in [-0.3, -0.25) is 4.99 Å². The molecule has 0 saturated heterocycles. The van der Waals surface area contributed by atoms with Gasteiger partial charge in [0.2, 0.25) is 12.6 Å². The Morgan fingerprint density at radius 1 is 1.10 bits per heavy atom. The lowest BCUT2D eigenvalue weighted by Crippen LogP contribution is -1.98. The highest BCUT2D eigenvalue weighted by Gasteiger charge is 2.13.